The van der Waals surface area contributed by atoms with Crippen LogP contribution < -0.4 is 10.2 Å². The van der Waals surface area contributed by atoms with Crippen LogP contribution in [0.1, 0.15) is 41.1 Å². The Morgan fingerprint density at radius 3 is 3.00 bits per heavy atom. The number of anilines is 1. The van der Waals surface area contributed by atoms with Gasteiger partial charge in [0.2, 0.25) is 0 Å². The molecule has 4 bridgehead atoms. The number of rotatable bonds is 0. The van der Waals surface area contributed by atoms with Crippen LogP contribution in [0.15, 0.2) is 30.6 Å². The van der Waals surface area contributed by atoms with Gasteiger partial charge in [-0.05, 0) is 38.0 Å². The molecule has 0 spiro atoms. The molecule has 29 heavy (non-hydrogen) atoms. The van der Waals surface area contributed by atoms with Crippen molar-refractivity contribution in [3.8, 4) is 0 Å². The van der Waals surface area contributed by atoms with Crippen molar-refractivity contribution in [2.45, 2.75) is 31.8 Å². The Kier molecular flexibility index (Phi) is 3.93. The summed E-state index contributed by atoms with van der Waals surface area (Å²) < 4.78 is 20.9. The minimum absolute atomic E-state index is 0.0323. The molecule has 148 valence electrons. The first-order valence-corrected chi connectivity index (χ1v) is 9.27. The molecule has 0 saturated carbocycles. The fourth-order valence-corrected chi connectivity index (χ4v) is 3.66. The summed E-state index contributed by atoms with van der Waals surface area (Å²) in [5.41, 5.74) is 1.57. The Balaban J connectivity index is 1.70. The van der Waals surface area contributed by atoms with E-state index in [4.69, 9.17) is 4.74 Å². The van der Waals surface area contributed by atoms with E-state index in [1.54, 1.807) is 12.3 Å². The van der Waals surface area contributed by atoms with Crippen molar-refractivity contribution in [2.24, 2.45) is 0 Å². The van der Waals surface area contributed by atoms with Crippen LogP contribution in [0, 0.1) is 5.82 Å². The SMILES string of the molecule is CC1CCc2cc(F)cc(n2)C2COC(=O)N2c2ccn3ncc(c3n2)C(=O)N1. The van der Waals surface area contributed by atoms with Crippen LogP contribution in [0.4, 0.5) is 15.0 Å². The molecule has 1 saturated heterocycles. The summed E-state index contributed by atoms with van der Waals surface area (Å²) in [6, 6.07) is 3.49. The summed E-state index contributed by atoms with van der Waals surface area (Å²) in [4.78, 5) is 35.5. The molecule has 0 aromatic carbocycles. The second kappa shape index (κ2) is 6.50. The number of hydrogen-bond acceptors (Lipinski definition) is 6. The van der Waals surface area contributed by atoms with Crippen molar-refractivity contribution in [1.29, 1.82) is 0 Å². The van der Waals surface area contributed by atoms with Crippen molar-refractivity contribution < 1.29 is 18.7 Å². The van der Waals surface area contributed by atoms with Crippen molar-refractivity contribution in [3.05, 3.63) is 53.4 Å². The van der Waals surface area contributed by atoms with Gasteiger partial charge in [0.25, 0.3) is 5.91 Å². The molecule has 2 atom stereocenters. The molecule has 5 rings (SSSR count). The summed E-state index contributed by atoms with van der Waals surface area (Å²) in [5, 5.41) is 7.07. The Bertz CT molecular complexity index is 1150. The number of fused-ring (bicyclic) bond motifs is 6. The quantitative estimate of drug-likeness (QED) is 0.624. The van der Waals surface area contributed by atoms with Gasteiger partial charge in [-0.3, -0.25) is 9.78 Å². The highest BCUT2D eigenvalue weighted by Gasteiger charge is 2.38. The summed E-state index contributed by atoms with van der Waals surface area (Å²) >= 11 is 0. The molecular weight excluding hydrogens is 379 g/mol. The monoisotopic (exact) mass is 396 g/mol. The standard InChI is InChI=1S/C19H17FN6O3/c1-10-2-3-12-6-11(20)7-14(23-12)15-9-29-19(28)26(15)16-4-5-25-17(24-16)13(8-21-25)18(27)22-10/h4-8,10,15H,2-3,9H2,1H3,(H,22,27). The molecule has 2 aliphatic rings. The molecule has 9 nitrogen and oxygen atoms in total. The smallest absolute Gasteiger partial charge is 0.416 e. The van der Waals surface area contributed by atoms with Crippen LogP contribution in [0.3, 0.4) is 0 Å². The largest absolute Gasteiger partial charge is 0.446 e. The van der Waals surface area contributed by atoms with Crippen LogP contribution in [0.5, 0.6) is 0 Å². The number of pyridine rings is 1. The molecule has 2 unspecified atom stereocenters. The number of halogens is 1. The number of nitrogens with one attached hydrogen (secondary N) is 1. The van der Waals surface area contributed by atoms with Crippen molar-refractivity contribution in [2.75, 3.05) is 11.5 Å². The molecular formula is C19H17FN6O3. The highest BCUT2D eigenvalue weighted by molar-refractivity contribution is 6.00. The van der Waals surface area contributed by atoms with Crippen LogP contribution in [0.25, 0.3) is 5.65 Å². The Hall–Kier alpha value is -3.56. The van der Waals surface area contributed by atoms with Crippen LogP contribution >= 0.6 is 0 Å². The van der Waals surface area contributed by atoms with Crippen LogP contribution in [0.2, 0.25) is 0 Å². The van der Waals surface area contributed by atoms with Gasteiger partial charge >= 0.3 is 6.09 Å². The zero-order valence-corrected chi connectivity index (χ0v) is 15.5. The van der Waals surface area contributed by atoms with Gasteiger partial charge in [0.1, 0.15) is 29.8 Å². The molecule has 2 aliphatic heterocycles. The molecule has 3 aromatic heterocycles. The van der Waals surface area contributed by atoms with Gasteiger partial charge in [0, 0.05) is 17.9 Å². The summed E-state index contributed by atoms with van der Waals surface area (Å²) in [6.45, 7) is 1.91. The Morgan fingerprint density at radius 1 is 1.28 bits per heavy atom. The van der Waals surface area contributed by atoms with E-state index in [9.17, 15) is 14.0 Å². The molecule has 5 heterocycles. The zero-order chi connectivity index (χ0) is 20.1. The summed E-state index contributed by atoms with van der Waals surface area (Å²) in [6.07, 6.45) is 3.49. The van der Waals surface area contributed by atoms with E-state index in [0.29, 0.717) is 35.4 Å². The third kappa shape index (κ3) is 2.96. The first-order valence-electron chi connectivity index (χ1n) is 9.27. The van der Waals surface area contributed by atoms with E-state index in [1.807, 2.05) is 6.92 Å². The molecule has 1 fully saturated rings. The van der Waals surface area contributed by atoms with E-state index >= 15 is 0 Å². The average Bonchev–Trinajstić information content (AvgIpc) is 3.28. The van der Waals surface area contributed by atoms with E-state index in [2.05, 4.69) is 20.4 Å². The third-order valence-corrected chi connectivity index (χ3v) is 5.13. The zero-order valence-electron chi connectivity index (χ0n) is 15.5. The number of amides is 2. The fraction of sp³-hybridized carbons (Fsp3) is 0.316. The van der Waals surface area contributed by atoms with E-state index < -0.39 is 18.0 Å². The maximum Gasteiger partial charge on any atom is 0.416 e. The van der Waals surface area contributed by atoms with Crippen LogP contribution in [-0.2, 0) is 11.2 Å². The normalized spacial score (nSPS) is 21.7. The topological polar surface area (TPSA) is 102 Å². The number of ether oxygens (including phenoxy) is 1. The van der Waals surface area contributed by atoms with E-state index in [1.165, 1.54) is 27.7 Å². The molecule has 1 N–H and O–H groups in total. The predicted molar refractivity (Wildman–Crippen MR) is 99.0 cm³/mol. The van der Waals surface area contributed by atoms with Gasteiger partial charge in [0.15, 0.2) is 5.65 Å². The highest BCUT2D eigenvalue weighted by atomic mass is 19.1. The van der Waals surface area contributed by atoms with Crippen molar-refractivity contribution in [1.82, 2.24) is 24.9 Å². The van der Waals surface area contributed by atoms with Crippen LogP contribution in [-0.4, -0.2) is 44.2 Å². The minimum Gasteiger partial charge on any atom is -0.446 e. The van der Waals surface area contributed by atoms with Gasteiger partial charge in [0.05, 0.1) is 11.9 Å². The maximum atomic E-state index is 14.3. The Labute approximate surface area is 164 Å². The van der Waals surface area contributed by atoms with Gasteiger partial charge < -0.3 is 10.1 Å². The number of hydrogen-bond donors (Lipinski definition) is 1. The van der Waals surface area contributed by atoms with Crippen molar-refractivity contribution in [3.63, 3.8) is 0 Å². The lowest BCUT2D eigenvalue weighted by Crippen LogP contribution is -2.33. The summed E-state index contributed by atoms with van der Waals surface area (Å²) in [7, 11) is 0. The first-order chi connectivity index (χ1) is 14.0. The molecule has 0 aliphatic carbocycles. The molecule has 2 amide bonds. The molecule has 0 radical (unpaired) electrons. The van der Waals surface area contributed by atoms with Gasteiger partial charge in [-0.15, -0.1) is 0 Å². The number of cyclic esters (lactones) is 1. The number of nitrogens with zero attached hydrogens (tertiary/aromatic N) is 5. The minimum atomic E-state index is -0.618. The Morgan fingerprint density at radius 2 is 2.14 bits per heavy atom. The summed E-state index contributed by atoms with van der Waals surface area (Å²) in [5.74, 6) is -0.477. The van der Waals surface area contributed by atoms with Crippen molar-refractivity contribution >= 4 is 23.5 Å². The fourth-order valence-electron chi connectivity index (χ4n) is 3.66. The first kappa shape index (κ1) is 17.5. The maximum absolute atomic E-state index is 14.3. The number of carbonyl (C=O) groups excluding carboxylic acids is 2. The third-order valence-electron chi connectivity index (χ3n) is 5.13. The number of aryl methyl sites for hydroxylation is 1. The highest BCUT2D eigenvalue weighted by Crippen LogP contribution is 2.32. The number of carbonyl (C=O) groups is 2. The average molecular weight is 396 g/mol. The lowest BCUT2D eigenvalue weighted by Gasteiger charge is -2.21. The van der Waals surface area contributed by atoms with Gasteiger partial charge in [-0.1, -0.05) is 0 Å². The lowest BCUT2D eigenvalue weighted by atomic mass is 10.1. The molecule has 10 heteroatoms. The van der Waals surface area contributed by atoms with E-state index in [-0.39, 0.29) is 24.4 Å². The molecule has 3 aromatic rings. The second-order valence-corrected chi connectivity index (χ2v) is 7.19. The van der Waals surface area contributed by atoms with Gasteiger partial charge in [-0.2, -0.15) is 5.10 Å². The lowest BCUT2D eigenvalue weighted by molar-refractivity contribution is 0.0939. The van der Waals surface area contributed by atoms with E-state index in [0.717, 1.165) is 0 Å². The predicted octanol–water partition coefficient (Wildman–Crippen LogP) is 2.03. The van der Waals surface area contributed by atoms with Gasteiger partial charge in [-0.25, -0.2) is 23.6 Å². The number of aromatic nitrogens is 4. The second-order valence-electron chi connectivity index (χ2n) is 7.19.